The molecule has 0 aliphatic heterocycles. The summed E-state index contributed by atoms with van der Waals surface area (Å²) in [4.78, 5) is 0. The summed E-state index contributed by atoms with van der Waals surface area (Å²) in [5.41, 5.74) is 0. The van der Waals surface area contributed by atoms with Gasteiger partial charge in [-0.05, 0) is 0 Å². The molecule has 0 saturated heterocycles. The summed E-state index contributed by atoms with van der Waals surface area (Å²) < 4.78 is 1.41. The van der Waals surface area contributed by atoms with E-state index < -0.39 is 19.2 Å². The van der Waals surface area contributed by atoms with Crippen LogP contribution in [0.2, 0.25) is 0 Å². The molecule has 0 unspecified atom stereocenters. The molecule has 1 rings (SSSR count). The van der Waals surface area contributed by atoms with Gasteiger partial charge in [0, 0.05) is 0 Å². The molecule has 0 spiro atoms. The molecule has 0 amide bonds. The molecule has 0 N–H and O–H groups in total. The third kappa shape index (κ3) is 1.63. The first-order valence-electron chi connectivity index (χ1n) is 2.44. The standard InChI is InChI=1S/C6H5.S.Sn.H/c1-2-4-6-5-3-1;;;/h1-5H;;;. The molecule has 0 fully saturated rings. The van der Waals surface area contributed by atoms with Crippen LogP contribution < -0.4 is 3.58 Å². The molecule has 0 aromatic heterocycles. The first-order valence-corrected chi connectivity index (χ1v) is 8.59. The maximum absolute atomic E-state index is 5.01. The molecule has 0 heterocycles. The third-order valence-electron chi connectivity index (χ3n) is 0.936. The van der Waals surface area contributed by atoms with Gasteiger partial charge in [-0.15, -0.1) is 0 Å². The fourth-order valence-electron chi connectivity index (χ4n) is 0.532. The Morgan fingerprint density at radius 3 is 2.12 bits per heavy atom. The summed E-state index contributed by atoms with van der Waals surface area (Å²) in [6.07, 6.45) is 0. The average Bonchev–Trinajstić information content (AvgIpc) is 1.90. The van der Waals surface area contributed by atoms with Crippen LogP contribution in [0.15, 0.2) is 30.3 Å². The second kappa shape index (κ2) is 3.30. The predicted octanol–water partition coefficient (Wildman–Crippen LogP) is 0.861. The van der Waals surface area contributed by atoms with Gasteiger partial charge in [0.05, 0.1) is 0 Å². The molecule has 8 heavy (non-hydrogen) atoms. The zero-order valence-electron chi connectivity index (χ0n) is 4.37. The van der Waals surface area contributed by atoms with E-state index in [-0.39, 0.29) is 0 Å². The van der Waals surface area contributed by atoms with E-state index in [9.17, 15) is 0 Å². The van der Waals surface area contributed by atoms with Crippen molar-refractivity contribution in [2.75, 3.05) is 0 Å². The summed E-state index contributed by atoms with van der Waals surface area (Å²) in [6.45, 7) is 0. The van der Waals surface area contributed by atoms with Crippen molar-refractivity contribution in [3.05, 3.63) is 30.3 Å². The molecule has 0 saturated carbocycles. The van der Waals surface area contributed by atoms with Crippen LogP contribution in [-0.2, 0) is 0 Å². The Morgan fingerprint density at radius 1 is 1.12 bits per heavy atom. The van der Waals surface area contributed by atoms with Gasteiger partial charge in [-0.3, -0.25) is 0 Å². The number of hydrogen-bond donors (Lipinski definition) is 0. The molecular formula is C6H6SSn. The van der Waals surface area contributed by atoms with E-state index >= 15 is 0 Å². The topological polar surface area (TPSA) is 0 Å². The Hall–Kier alpha value is 0.239. The van der Waals surface area contributed by atoms with E-state index in [1.54, 1.807) is 0 Å². The fraction of sp³-hybridized carbons (Fsp3) is 0. The van der Waals surface area contributed by atoms with Gasteiger partial charge in [0.25, 0.3) is 0 Å². The Kier molecular flexibility index (Phi) is 2.62. The van der Waals surface area contributed by atoms with Crippen molar-refractivity contribution >= 4 is 32.1 Å². The van der Waals surface area contributed by atoms with Crippen LogP contribution in [0.4, 0.5) is 0 Å². The van der Waals surface area contributed by atoms with E-state index in [1.807, 2.05) is 18.2 Å². The second-order valence-corrected chi connectivity index (χ2v) is 5.69. The second-order valence-electron chi connectivity index (χ2n) is 1.53. The summed E-state index contributed by atoms with van der Waals surface area (Å²) >= 11 is -0.711. The molecule has 2 heteroatoms. The van der Waals surface area contributed by atoms with Crippen LogP contribution in [0.5, 0.6) is 0 Å². The summed E-state index contributed by atoms with van der Waals surface area (Å²) in [5, 5.41) is 0. The van der Waals surface area contributed by atoms with Gasteiger partial charge >= 0.3 is 62.4 Å². The van der Waals surface area contributed by atoms with Crippen LogP contribution >= 0.6 is 9.29 Å². The van der Waals surface area contributed by atoms with Gasteiger partial charge in [0.2, 0.25) is 0 Å². The molecule has 0 bridgehead atoms. The van der Waals surface area contributed by atoms with Gasteiger partial charge in [-0.25, -0.2) is 0 Å². The third-order valence-corrected chi connectivity index (χ3v) is 4.64. The zero-order chi connectivity index (χ0) is 5.82. The Labute approximate surface area is 62.3 Å². The molecule has 0 atom stereocenters. The van der Waals surface area contributed by atoms with Crippen molar-refractivity contribution in [3.63, 3.8) is 0 Å². The van der Waals surface area contributed by atoms with Crippen LogP contribution in [-0.4, -0.2) is 19.2 Å². The van der Waals surface area contributed by atoms with Gasteiger partial charge in [-0.1, -0.05) is 0 Å². The predicted molar refractivity (Wildman–Crippen MR) is 40.8 cm³/mol. The Balaban J connectivity index is 2.99. The molecule has 0 aliphatic rings. The van der Waals surface area contributed by atoms with Gasteiger partial charge in [0.1, 0.15) is 0 Å². The van der Waals surface area contributed by atoms with E-state index in [0.29, 0.717) is 0 Å². The quantitative estimate of drug-likeness (QED) is 0.643. The molecule has 0 aliphatic carbocycles. The summed E-state index contributed by atoms with van der Waals surface area (Å²) in [7, 11) is 5.01. The molecule has 40 valence electrons. The minimum absolute atomic E-state index is 0.711. The van der Waals surface area contributed by atoms with Crippen molar-refractivity contribution < 1.29 is 0 Å². The first-order chi connectivity index (χ1) is 3.93. The zero-order valence-corrected chi connectivity index (χ0v) is 8.48. The van der Waals surface area contributed by atoms with Gasteiger partial charge in [0.15, 0.2) is 0 Å². The van der Waals surface area contributed by atoms with Crippen molar-refractivity contribution in [1.29, 1.82) is 0 Å². The van der Waals surface area contributed by atoms with Gasteiger partial charge < -0.3 is 0 Å². The average molecular weight is 229 g/mol. The van der Waals surface area contributed by atoms with Crippen LogP contribution in [0, 0.1) is 0 Å². The normalized spacial score (nSPS) is 8.50. The SMILES string of the molecule is [S]=[SnH][c]1ccccc1. The van der Waals surface area contributed by atoms with Crippen LogP contribution in [0.3, 0.4) is 0 Å². The van der Waals surface area contributed by atoms with E-state index in [1.165, 1.54) is 3.58 Å². The molecule has 1 aromatic rings. The first kappa shape index (κ1) is 6.36. The molecule has 1 aromatic carbocycles. The monoisotopic (exact) mass is 230 g/mol. The van der Waals surface area contributed by atoms with E-state index in [4.69, 9.17) is 9.29 Å². The summed E-state index contributed by atoms with van der Waals surface area (Å²) in [5.74, 6) is 0. The Morgan fingerprint density at radius 2 is 1.75 bits per heavy atom. The van der Waals surface area contributed by atoms with E-state index in [0.717, 1.165) is 0 Å². The minimum atomic E-state index is -0.711. The molecular weight excluding hydrogens is 223 g/mol. The van der Waals surface area contributed by atoms with Crippen LogP contribution in [0.1, 0.15) is 0 Å². The number of rotatable bonds is 1. The van der Waals surface area contributed by atoms with Gasteiger partial charge in [-0.2, -0.15) is 0 Å². The molecule has 0 nitrogen and oxygen atoms in total. The van der Waals surface area contributed by atoms with E-state index in [2.05, 4.69) is 12.1 Å². The number of benzene rings is 1. The van der Waals surface area contributed by atoms with Crippen molar-refractivity contribution in [1.82, 2.24) is 0 Å². The van der Waals surface area contributed by atoms with Crippen molar-refractivity contribution in [2.45, 2.75) is 0 Å². The summed E-state index contributed by atoms with van der Waals surface area (Å²) in [6, 6.07) is 10.4. The molecule has 0 radical (unpaired) electrons. The van der Waals surface area contributed by atoms with Crippen molar-refractivity contribution in [3.8, 4) is 0 Å². The van der Waals surface area contributed by atoms with Crippen LogP contribution in [0.25, 0.3) is 0 Å². The maximum atomic E-state index is 5.01. The Bertz CT molecular complexity index is 171. The van der Waals surface area contributed by atoms with Crippen molar-refractivity contribution in [2.24, 2.45) is 0 Å². The number of hydrogen-bond acceptors (Lipinski definition) is 1. The fourth-order valence-corrected chi connectivity index (χ4v) is 2.67.